The molecule has 1 aliphatic rings. The van der Waals surface area contributed by atoms with Crippen molar-refractivity contribution in [3.63, 3.8) is 0 Å². The summed E-state index contributed by atoms with van der Waals surface area (Å²) in [5, 5.41) is 9.69. The fraction of sp³-hybridized carbons (Fsp3) is 0.636. The molecule has 1 heterocycles. The number of carbonyl (C=O) groups excluding carboxylic acids is 1. The number of morpholine rings is 1. The van der Waals surface area contributed by atoms with Gasteiger partial charge in [-0.3, -0.25) is 9.69 Å². The van der Waals surface area contributed by atoms with Crippen LogP contribution in [0.1, 0.15) is 29.8 Å². The fourth-order valence-electron chi connectivity index (χ4n) is 3.21. The molecule has 3 N–H and O–H groups in total. The lowest BCUT2D eigenvalue weighted by atomic mass is 10.1. The van der Waals surface area contributed by atoms with E-state index in [4.69, 9.17) is 9.73 Å². The molecule has 8 nitrogen and oxygen atoms in total. The molecule has 0 bridgehead atoms. The topological polar surface area (TPSA) is 81.2 Å². The van der Waals surface area contributed by atoms with Gasteiger partial charge in [0.2, 0.25) is 0 Å². The van der Waals surface area contributed by atoms with Gasteiger partial charge in [-0.05, 0) is 45.6 Å². The van der Waals surface area contributed by atoms with E-state index in [1.54, 1.807) is 0 Å². The maximum absolute atomic E-state index is 12.3. The van der Waals surface area contributed by atoms with Crippen molar-refractivity contribution in [1.29, 1.82) is 0 Å². The van der Waals surface area contributed by atoms with Gasteiger partial charge >= 0.3 is 0 Å². The second-order valence-electron chi connectivity index (χ2n) is 7.83. The van der Waals surface area contributed by atoms with E-state index >= 15 is 0 Å². The Bertz CT molecular complexity index is 680. The number of carbonyl (C=O) groups is 1. The number of nitrogens with one attached hydrogen (secondary N) is 3. The third kappa shape index (κ3) is 10.6. The summed E-state index contributed by atoms with van der Waals surface area (Å²) in [6, 6.07) is 8.07. The van der Waals surface area contributed by atoms with Gasteiger partial charge in [0.15, 0.2) is 5.96 Å². The maximum atomic E-state index is 12.3. The number of benzene rings is 1. The van der Waals surface area contributed by atoms with Crippen LogP contribution in [0.3, 0.4) is 0 Å². The van der Waals surface area contributed by atoms with Crippen LogP contribution in [0.5, 0.6) is 0 Å². The molecular weight excluding hydrogens is 507 g/mol. The Morgan fingerprint density at radius 3 is 2.65 bits per heavy atom. The fourth-order valence-corrected chi connectivity index (χ4v) is 3.21. The van der Waals surface area contributed by atoms with Gasteiger partial charge in [0.25, 0.3) is 5.91 Å². The Labute approximate surface area is 204 Å². The van der Waals surface area contributed by atoms with E-state index in [0.717, 1.165) is 57.5 Å². The summed E-state index contributed by atoms with van der Waals surface area (Å²) in [5.41, 5.74) is 1.68. The van der Waals surface area contributed by atoms with Crippen LogP contribution in [0.4, 0.5) is 0 Å². The lowest BCUT2D eigenvalue weighted by Gasteiger charge is -2.32. The molecule has 1 aromatic carbocycles. The van der Waals surface area contributed by atoms with Crippen LogP contribution < -0.4 is 16.0 Å². The highest BCUT2D eigenvalue weighted by Crippen LogP contribution is 2.07. The third-order valence-electron chi connectivity index (χ3n) is 5.03. The number of halogens is 1. The Morgan fingerprint density at radius 1 is 1.23 bits per heavy atom. The van der Waals surface area contributed by atoms with Gasteiger partial charge in [-0.15, -0.1) is 24.0 Å². The average molecular weight is 546 g/mol. The summed E-state index contributed by atoms with van der Waals surface area (Å²) in [6.45, 7) is 11.4. The van der Waals surface area contributed by atoms with Crippen LogP contribution in [0, 0.1) is 0 Å². The van der Waals surface area contributed by atoms with E-state index in [2.05, 4.69) is 34.7 Å². The van der Waals surface area contributed by atoms with Crippen molar-refractivity contribution < 1.29 is 9.53 Å². The number of likely N-dealkylation sites (N-methyl/N-ethyl adjacent to an activating group) is 1. The molecule has 0 aromatic heterocycles. The molecule has 1 aliphatic heterocycles. The summed E-state index contributed by atoms with van der Waals surface area (Å²) >= 11 is 0. The van der Waals surface area contributed by atoms with Crippen LogP contribution in [0.15, 0.2) is 29.3 Å². The number of rotatable bonds is 10. The lowest BCUT2D eigenvalue weighted by Crippen LogP contribution is -2.49. The molecule has 1 atom stereocenters. The van der Waals surface area contributed by atoms with Gasteiger partial charge in [-0.25, -0.2) is 4.99 Å². The Kier molecular flexibility index (Phi) is 13.7. The molecule has 0 radical (unpaired) electrons. The lowest BCUT2D eigenvalue weighted by molar-refractivity contribution is 0.0211. The smallest absolute Gasteiger partial charge is 0.251 e. The third-order valence-corrected chi connectivity index (χ3v) is 5.03. The maximum Gasteiger partial charge on any atom is 0.251 e. The summed E-state index contributed by atoms with van der Waals surface area (Å²) in [6.07, 6.45) is 0. The molecule has 31 heavy (non-hydrogen) atoms. The van der Waals surface area contributed by atoms with E-state index < -0.39 is 0 Å². The van der Waals surface area contributed by atoms with Crippen molar-refractivity contribution >= 4 is 35.8 Å². The number of amides is 1. The quantitative estimate of drug-likeness (QED) is 0.234. The number of aliphatic imine (C=N–C) groups is 1. The predicted octanol–water partition coefficient (Wildman–Crippen LogP) is 1.37. The van der Waals surface area contributed by atoms with Crippen molar-refractivity contribution in [1.82, 2.24) is 25.8 Å². The number of guanidine groups is 1. The van der Waals surface area contributed by atoms with E-state index in [9.17, 15) is 4.79 Å². The van der Waals surface area contributed by atoms with E-state index in [0.29, 0.717) is 24.7 Å². The molecule has 176 valence electrons. The van der Waals surface area contributed by atoms with Gasteiger partial charge in [-0.1, -0.05) is 12.1 Å². The molecule has 2 rings (SSSR count). The minimum Gasteiger partial charge on any atom is -0.379 e. The first-order chi connectivity index (χ1) is 14.5. The van der Waals surface area contributed by atoms with Gasteiger partial charge in [-0.2, -0.15) is 0 Å². The SMILES string of the molecule is CCNC(=NCc1cccc(C(=O)NCCN(C)C)c1)NCC(C)N1CCOCC1.I. The number of nitrogens with zero attached hydrogens (tertiary/aromatic N) is 3. The second kappa shape index (κ2) is 15.4. The highest BCUT2D eigenvalue weighted by Gasteiger charge is 2.17. The molecular formula is C22H39IN6O2. The van der Waals surface area contributed by atoms with Crippen LogP contribution in [-0.2, 0) is 11.3 Å². The Balaban J connectivity index is 0.00000480. The van der Waals surface area contributed by atoms with Crippen molar-refractivity contribution in [2.75, 3.05) is 66.6 Å². The molecule has 1 unspecified atom stereocenters. The second-order valence-corrected chi connectivity index (χ2v) is 7.83. The van der Waals surface area contributed by atoms with Crippen LogP contribution in [0.25, 0.3) is 0 Å². The molecule has 1 fully saturated rings. The number of ether oxygens (including phenoxy) is 1. The van der Waals surface area contributed by atoms with Crippen molar-refractivity contribution in [2.24, 2.45) is 4.99 Å². The standard InChI is InChI=1S/C22H38N6O2.HI/c1-5-23-22(25-16-18(2)28-11-13-30-14-12-28)26-17-19-7-6-8-20(15-19)21(29)24-9-10-27(3)4;/h6-8,15,18H,5,9-14,16-17H2,1-4H3,(H,24,29)(H2,23,25,26);1H. The van der Waals surface area contributed by atoms with Gasteiger partial charge < -0.3 is 25.6 Å². The molecule has 0 spiro atoms. The highest BCUT2D eigenvalue weighted by atomic mass is 127. The Morgan fingerprint density at radius 2 is 1.97 bits per heavy atom. The first-order valence-corrected chi connectivity index (χ1v) is 10.9. The van der Waals surface area contributed by atoms with Crippen LogP contribution >= 0.6 is 24.0 Å². The van der Waals surface area contributed by atoms with E-state index in [1.807, 2.05) is 43.3 Å². The number of hydrogen-bond acceptors (Lipinski definition) is 5. The monoisotopic (exact) mass is 546 g/mol. The molecule has 1 aromatic rings. The average Bonchev–Trinajstić information content (AvgIpc) is 2.76. The summed E-state index contributed by atoms with van der Waals surface area (Å²) < 4.78 is 5.43. The largest absolute Gasteiger partial charge is 0.379 e. The minimum absolute atomic E-state index is 0. The number of hydrogen-bond donors (Lipinski definition) is 3. The van der Waals surface area contributed by atoms with Gasteiger partial charge in [0.05, 0.1) is 19.8 Å². The van der Waals surface area contributed by atoms with Crippen molar-refractivity contribution in [3.8, 4) is 0 Å². The van der Waals surface area contributed by atoms with Crippen molar-refractivity contribution in [3.05, 3.63) is 35.4 Å². The van der Waals surface area contributed by atoms with Crippen molar-refractivity contribution in [2.45, 2.75) is 26.4 Å². The predicted molar refractivity (Wildman–Crippen MR) is 137 cm³/mol. The van der Waals surface area contributed by atoms with Gasteiger partial charge in [0, 0.05) is 50.9 Å². The first kappa shape index (κ1) is 27.6. The first-order valence-electron chi connectivity index (χ1n) is 10.9. The molecule has 0 aliphatic carbocycles. The Hall–Kier alpha value is -1.43. The highest BCUT2D eigenvalue weighted by molar-refractivity contribution is 14.0. The van der Waals surface area contributed by atoms with Crippen LogP contribution in [-0.4, -0.2) is 94.3 Å². The van der Waals surface area contributed by atoms with Crippen LogP contribution in [0.2, 0.25) is 0 Å². The zero-order valence-electron chi connectivity index (χ0n) is 19.3. The minimum atomic E-state index is -0.0490. The summed E-state index contributed by atoms with van der Waals surface area (Å²) in [4.78, 5) is 21.5. The summed E-state index contributed by atoms with van der Waals surface area (Å²) in [5.74, 6) is 0.741. The molecule has 0 saturated carbocycles. The van der Waals surface area contributed by atoms with E-state index in [1.165, 1.54) is 0 Å². The summed E-state index contributed by atoms with van der Waals surface area (Å²) in [7, 11) is 3.98. The molecule has 1 amide bonds. The molecule has 1 saturated heterocycles. The van der Waals surface area contributed by atoms with Gasteiger partial charge in [0.1, 0.15) is 0 Å². The zero-order valence-corrected chi connectivity index (χ0v) is 21.6. The van der Waals surface area contributed by atoms with E-state index in [-0.39, 0.29) is 29.9 Å². The molecule has 9 heteroatoms. The normalized spacial score (nSPS) is 15.8. The zero-order chi connectivity index (χ0) is 21.8.